The molecule has 1 fully saturated rings. The number of morpholine rings is 1. The van der Waals surface area contributed by atoms with E-state index in [-0.39, 0.29) is 6.29 Å². The average Bonchev–Trinajstić information content (AvgIpc) is 2.43. The summed E-state index contributed by atoms with van der Waals surface area (Å²) in [7, 11) is 3.40. The number of ether oxygens (including phenoxy) is 3. The minimum absolute atomic E-state index is 0.0920. The summed E-state index contributed by atoms with van der Waals surface area (Å²) < 4.78 is 16.5. The maximum absolute atomic E-state index is 5.91. The van der Waals surface area contributed by atoms with Crippen LogP contribution in [0.2, 0.25) is 0 Å². The monoisotopic (exact) mass is 287 g/mol. The van der Waals surface area contributed by atoms with Gasteiger partial charge in [-0.25, -0.2) is 0 Å². The highest BCUT2D eigenvalue weighted by atomic mass is 16.7. The third-order valence-corrected chi connectivity index (χ3v) is 4.03. The Morgan fingerprint density at radius 3 is 2.50 bits per heavy atom. The molecule has 1 rings (SSSR count). The van der Waals surface area contributed by atoms with Gasteiger partial charge in [0.25, 0.3) is 0 Å². The van der Waals surface area contributed by atoms with Gasteiger partial charge in [0.05, 0.1) is 12.7 Å². The van der Waals surface area contributed by atoms with E-state index < -0.39 is 0 Å². The molecule has 0 amide bonds. The molecule has 1 aliphatic rings. The first kappa shape index (κ1) is 17.9. The summed E-state index contributed by atoms with van der Waals surface area (Å²) in [4.78, 5) is 2.55. The Hall–Kier alpha value is -0.160. The van der Waals surface area contributed by atoms with Gasteiger partial charge in [0.15, 0.2) is 6.29 Å². The SMILES string of the molecule is COC(CC(C)CC1CN(CCC(C)C)CCO1)OC. The predicted molar refractivity (Wildman–Crippen MR) is 81.8 cm³/mol. The third-order valence-electron chi connectivity index (χ3n) is 4.03. The standard InChI is InChI=1S/C16H33NO3/c1-13(2)6-7-17-8-9-20-15(12-17)10-14(3)11-16(18-4)19-5/h13-16H,6-12H2,1-5H3. The van der Waals surface area contributed by atoms with Crippen LogP contribution in [0.4, 0.5) is 0 Å². The van der Waals surface area contributed by atoms with Crippen molar-refractivity contribution in [2.75, 3.05) is 40.5 Å². The highest BCUT2D eigenvalue weighted by molar-refractivity contribution is 4.74. The highest BCUT2D eigenvalue weighted by Gasteiger charge is 2.23. The van der Waals surface area contributed by atoms with E-state index in [4.69, 9.17) is 14.2 Å². The zero-order valence-electron chi connectivity index (χ0n) is 13.9. The lowest BCUT2D eigenvalue weighted by Gasteiger charge is -2.34. The van der Waals surface area contributed by atoms with Crippen molar-refractivity contribution in [1.82, 2.24) is 4.90 Å². The molecule has 0 spiro atoms. The first-order chi connectivity index (χ1) is 9.55. The van der Waals surface area contributed by atoms with E-state index in [0.29, 0.717) is 12.0 Å². The number of methoxy groups -OCH3 is 2. The van der Waals surface area contributed by atoms with Crippen LogP contribution in [0.5, 0.6) is 0 Å². The predicted octanol–water partition coefficient (Wildman–Crippen LogP) is 2.77. The van der Waals surface area contributed by atoms with E-state index >= 15 is 0 Å². The maximum Gasteiger partial charge on any atom is 0.157 e. The molecule has 0 aromatic carbocycles. The molecule has 0 N–H and O–H groups in total. The van der Waals surface area contributed by atoms with Gasteiger partial charge in [-0.3, -0.25) is 4.90 Å². The first-order valence-electron chi connectivity index (χ1n) is 7.94. The van der Waals surface area contributed by atoms with Crippen molar-refractivity contribution in [2.24, 2.45) is 11.8 Å². The van der Waals surface area contributed by atoms with Crippen LogP contribution in [-0.4, -0.2) is 57.8 Å². The molecule has 2 atom stereocenters. The molecule has 4 heteroatoms. The molecule has 0 aromatic heterocycles. The maximum atomic E-state index is 5.91. The molecule has 4 nitrogen and oxygen atoms in total. The van der Waals surface area contributed by atoms with Gasteiger partial charge < -0.3 is 14.2 Å². The van der Waals surface area contributed by atoms with Gasteiger partial charge >= 0.3 is 0 Å². The van der Waals surface area contributed by atoms with Crippen LogP contribution in [0.25, 0.3) is 0 Å². The van der Waals surface area contributed by atoms with Crippen molar-refractivity contribution in [3.8, 4) is 0 Å². The Morgan fingerprint density at radius 1 is 1.20 bits per heavy atom. The Balaban J connectivity index is 2.28. The van der Waals surface area contributed by atoms with E-state index in [9.17, 15) is 0 Å². The van der Waals surface area contributed by atoms with Crippen molar-refractivity contribution in [3.05, 3.63) is 0 Å². The molecule has 2 unspecified atom stereocenters. The highest BCUT2D eigenvalue weighted by Crippen LogP contribution is 2.19. The molecule has 1 aliphatic heterocycles. The summed E-state index contributed by atoms with van der Waals surface area (Å²) in [6, 6.07) is 0. The molecule has 0 aromatic rings. The fourth-order valence-electron chi connectivity index (χ4n) is 2.73. The quantitative estimate of drug-likeness (QED) is 0.610. The lowest BCUT2D eigenvalue weighted by atomic mass is 9.98. The van der Waals surface area contributed by atoms with Crippen molar-refractivity contribution >= 4 is 0 Å². The zero-order valence-corrected chi connectivity index (χ0v) is 13.9. The number of nitrogens with zero attached hydrogens (tertiary/aromatic N) is 1. The second-order valence-electron chi connectivity index (χ2n) is 6.45. The van der Waals surface area contributed by atoms with E-state index in [0.717, 1.165) is 38.5 Å². The summed E-state index contributed by atoms with van der Waals surface area (Å²) >= 11 is 0. The normalized spacial score (nSPS) is 22.6. The fourth-order valence-corrected chi connectivity index (χ4v) is 2.73. The average molecular weight is 287 g/mol. The summed E-state index contributed by atoms with van der Waals surface area (Å²) in [6.07, 6.45) is 3.56. The zero-order chi connectivity index (χ0) is 15.0. The Bertz CT molecular complexity index is 244. The van der Waals surface area contributed by atoms with Crippen LogP contribution >= 0.6 is 0 Å². The van der Waals surface area contributed by atoms with Gasteiger partial charge in [0.2, 0.25) is 0 Å². The second-order valence-corrected chi connectivity index (χ2v) is 6.45. The molecular formula is C16H33NO3. The van der Waals surface area contributed by atoms with E-state index in [1.807, 2.05) is 0 Å². The Labute approximate surface area is 124 Å². The molecular weight excluding hydrogens is 254 g/mol. The number of hydrogen-bond acceptors (Lipinski definition) is 4. The Kier molecular flexibility index (Phi) is 8.69. The fraction of sp³-hybridized carbons (Fsp3) is 1.00. The molecule has 20 heavy (non-hydrogen) atoms. The molecule has 0 bridgehead atoms. The number of rotatable bonds is 9. The molecule has 0 saturated carbocycles. The minimum Gasteiger partial charge on any atom is -0.376 e. The van der Waals surface area contributed by atoms with Gasteiger partial charge in [-0.15, -0.1) is 0 Å². The summed E-state index contributed by atoms with van der Waals surface area (Å²) in [5, 5.41) is 0. The van der Waals surface area contributed by atoms with Gasteiger partial charge in [-0.2, -0.15) is 0 Å². The molecule has 0 radical (unpaired) electrons. The minimum atomic E-state index is -0.0920. The Morgan fingerprint density at radius 2 is 1.90 bits per heavy atom. The van der Waals surface area contributed by atoms with Crippen molar-refractivity contribution < 1.29 is 14.2 Å². The van der Waals surface area contributed by atoms with E-state index in [1.54, 1.807) is 14.2 Å². The van der Waals surface area contributed by atoms with Crippen LogP contribution in [0, 0.1) is 11.8 Å². The second kappa shape index (κ2) is 9.72. The van der Waals surface area contributed by atoms with E-state index in [1.165, 1.54) is 13.0 Å². The lowest BCUT2D eigenvalue weighted by molar-refractivity contribution is -0.117. The smallest absolute Gasteiger partial charge is 0.157 e. The largest absolute Gasteiger partial charge is 0.376 e. The van der Waals surface area contributed by atoms with E-state index in [2.05, 4.69) is 25.7 Å². The summed E-state index contributed by atoms with van der Waals surface area (Å²) in [5.41, 5.74) is 0. The van der Waals surface area contributed by atoms with Gasteiger partial charge in [0.1, 0.15) is 0 Å². The molecule has 1 heterocycles. The van der Waals surface area contributed by atoms with Gasteiger partial charge in [-0.05, 0) is 31.2 Å². The molecule has 1 saturated heterocycles. The van der Waals surface area contributed by atoms with Crippen LogP contribution in [0.3, 0.4) is 0 Å². The molecule has 120 valence electrons. The van der Waals surface area contributed by atoms with Crippen LogP contribution in [0.15, 0.2) is 0 Å². The first-order valence-corrected chi connectivity index (χ1v) is 7.94. The van der Waals surface area contributed by atoms with Gasteiger partial charge in [-0.1, -0.05) is 20.8 Å². The lowest BCUT2D eigenvalue weighted by Crippen LogP contribution is -2.43. The van der Waals surface area contributed by atoms with Gasteiger partial charge in [0, 0.05) is 33.7 Å². The van der Waals surface area contributed by atoms with Crippen LogP contribution < -0.4 is 0 Å². The van der Waals surface area contributed by atoms with Crippen LogP contribution in [0.1, 0.15) is 40.0 Å². The van der Waals surface area contributed by atoms with Crippen molar-refractivity contribution in [2.45, 2.75) is 52.4 Å². The molecule has 0 aliphatic carbocycles. The summed E-state index contributed by atoms with van der Waals surface area (Å²) in [5.74, 6) is 1.33. The summed E-state index contributed by atoms with van der Waals surface area (Å²) in [6.45, 7) is 11.0. The van der Waals surface area contributed by atoms with Crippen LogP contribution in [-0.2, 0) is 14.2 Å². The van der Waals surface area contributed by atoms with Crippen molar-refractivity contribution in [3.63, 3.8) is 0 Å². The van der Waals surface area contributed by atoms with Crippen molar-refractivity contribution in [1.29, 1.82) is 0 Å². The number of hydrogen-bond donors (Lipinski definition) is 0. The third kappa shape index (κ3) is 7.02. The topological polar surface area (TPSA) is 30.9 Å².